The van der Waals surface area contributed by atoms with E-state index in [0.29, 0.717) is 12.4 Å². The third kappa shape index (κ3) is 2.95. The van der Waals surface area contributed by atoms with Gasteiger partial charge in [0, 0.05) is 36.9 Å². The van der Waals surface area contributed by atoms with Crippen molar-refractivity contribution in [1.82, 2.24) is 19.4 Å². The maximum absolute atomic E-state index is 9.59. The number of pyridine rings is 1. The number of rotatable bonds is 5. The zero-order chi connectivity index (χ0) is 17.1. The fourth-order valence-electron chi connectivity index (χ4n) is 2.84. The second-order valence-electron chi connectivity index (χ2n) is 5.64. The van der Waals surface area contributed by atoms with E-state index in [0.717, 1.165) is 28.0 Å². The fraction of sp³-hybridized carbons (Fsp3) is 0.105. The molecular weight excluding hydrogens is 314 g/mol. The molecule has 0 aliphatic rings. The topological polar surface area (TPSA) is 75.3 Å². The van der Waals surface area contributed by atoms with Crippen molar-refractivity contribution in [2.75, 3.05) is 5.32 Å². The van der Waals surface area contributed by atoms with E-state index in [1.807, 2.05) is 53.2 Å². The summed E-state index contributed by atoms with van der Waals surface area (Å²) in [6.45, 7) is 0.631. The maximum Gasteiger partial charge on any atom is 0.180 e. The second kappa shape index (κ2) is 6.70. The highest BCUT2D eigenvalue weighted by Crippen LogP contribution is 2.26. The van der Waals surface area contributed by atoms with Crippen molar-refractivity contribution < 1.29 is 5.11 Å². The Morgan fingerprint density at radius 3 is 2.68 bits per heavy atom. The summed E-state index contributed by atoms with van der Waals surface area (Å²) in [6.07, 6.45) is 8.97. The molecule has 0 saturated heterocycles. The normalized spacial score (nSPS) is 10.9. The molecule has 0 aliphatic carbocycles. The van der Waals surface area contributed by atoms with Crippen LogP contribution in [0, 0.1) is 0 Å². The number of hydrogen-bond acceptors (Lipinski definition) is 5. The van der Waals surface area contributed by atoms with Gasteiger partial charge in [0.1, 0.15) is 0 Å². The summed E-state index contributed by atoms with van der Waals surface area (Å²) in [5, 5.41) is 12.9. The fourth-order valence-corrected chi connectivity index (χ4v) is 2.84. The van der Waals surface area contributed by atoms with Gasteiger partial charge < -0.3 is 10.4 Å². The number of nitrogens with one attached hydrogen (secondary N) is 1. The summed E-state index contributed by atoms with van der Waals surface area (Å²) >= 11 is 0. The highest BCUT2D eigenvalue weighted by Gasteiger charge is 2.12. The minimum Gasteiger partial charge on any atom is -0.392 e. The van der Waals surface area contributed by atoms with Crippen molar-refractivity contribution in [1.29, 1.82) is 0 Å². The van der Waals surface area contributed by atoms with Crippen molar-refractivity contribution in [2.45, 2.75) is 13.2 Å². The van der Waals surface area contributed by atoms with E-state index < -0.39 is 0 Å². The molecule has 0 radical (unpaired) electrons. The largest absolute Gasteiger partial charge is 0.392 e. The Kier molecular flexibility index (Phi) is 4.10. The van der Waals surface area contributed by atoms with Gasteiger partial charge in [0.2, 0.25) is 0 Å². The van der Waals surface area contributed by atoms with Gasteiger partial charge in [0.25, 0.3) is 0 Å². The molecule has 25 heavy (non-hydrogen) atoms. The summed E-state index contributed by atoms with van der Waals surface area (Å²) in [5.41, 5.74) is 4.63. The number of hydrogen-bond donors (Lipinski definition) is 2. The van der Waals surface area contributed by atoms with Crippen LogP contribution in [0.1, 0.15) is 11.1 Å². The Labute approximate surface area is 144 Å². The molecule has 0 amide bonds. The molecule has 3 aromatic heterocycles. The lowest BCUT2D eigenvalue weighted by molar-refractivity contribution is 0.282. The second-order valence-corrected chi connectivity index (χ2v) is 5.64. The van der Waals surface area contributed by atoms with Gasteiger partial charge in [0.15, 0.2) is 11.5 Å². The first-order chi connectivity index (χ1) is 12.4. The Morgan fingerprint density at radius 1 is 1.00 bits per heavy atom. The smallest absolute Gasteiger partial charge is 0.180 e. The maximum atomic E-state index is 9.59. The van der Waals surface area contributed by atoms with Crippen molar-refractivity contribution in [3.63, 3.8) is 0 Å². The van der Waals surface area contributed by atoms with Crippen molar-refractivity contribution in [3.8, 4) is 11.3 Å². The molecule has 124 valence electrons. The number of imidazole rings is 1. The van der Waals surface area contributed by atoms with Crippen molar-refractivity contribution in [3.05, 3.63) is 78.5 Å². The molecule has 0 spiro atoms. The van der Waals surface area contributed by atoms with Crippen LogP contribution in [0.15, 0.2) is 67.4 Å². The molecule has 6 heteroatoms. The summed E-state index contributed by atoms with van der Waals surface area (Å²) < 4.78 is 1.98. The highest BCUT2D eigenvalue weighted by atomic mass is 16.3. The van der Waals surface area contributed by atoms with E-state index in [4.69, 9.17) is 0 Å². The lowest BCUT2D eigenvalue weighted by atomic mass is 10.1. The van der Waals surface area contributed by atoms with E-state index in [1.165, 1.54) is 0 Å². The van der Waals surface area contributed by atoms with Crippen LogP contribution in [-0.2, 0) is 13.2 Å². The molecule has 0 aliphatic heterocycles. The average Bonchev–Trinajstić information content (AvgIpc) is 3.11. The third-order valence-electron chi connectivity index (χ3n) is 4.10. The minimum atomic E-state index is -0.0123. The average molecular weight is 331 g/mol. The van der Waals surface area contributed by atoms with Gasteiger partial charge in [0.05, 0.1) is 18.5 Å². The Morgan fingerprint density at radius 2 is 1.84 bits per heavy atom. The van der Waals surface area contributed by atoms with Crippen LogP contribution < -0.4 is 5.32 Å². The van der Waals surface area contributed by atoms with Crippen LogP contribution in [0.3, 0.4) is 0 Å². The van der Waals surface area contributed by atoms with Crippen LogP contribution in [0.25, 0.3) is 16.9 Å². The summed E-state index contributed by atoms with van der Waals surface area (Å²) in [5.74, 6) is 0.715. The number of aliphatic hydroxyl groups is 1. The number of benzene rings is 1. The van der Waals surface area contributed by atoms with Crippen LogP contribution >= 0.6 is 0 Å². The van der Waals surface area contributed by atoms with Gasteiger partial charge in [-0.15, -0.1) is 0 Å². The predicted molar refractivity (Wildman–Crippen MR) is 95.9 cm³/mol. The molecule has 0 saturated carbocycles. The minimum absolute atomic E-state index is 0.0123. The molecule has 0 atom stereocenters. The number of nitrogens with zero attached hydrogens (tertiary/aromatic N) is 4. The zero-order valence-electron chi connectivity index (χ0n) is 13.5. The summed E-state index contributed by atoms with van der Waals surface area (Å²) in [7, 11) is 0. The van der Waals surface area contributed by atoms with Gasteiger partial charge in [-0.1, -0.05) is 24.3 Å². The third-order valence-corrected chi connectivity index (χ3v) is 4.10. The first-order valence-corrected chi connectivity index (χ1v) is 8.01. The Bertz CT molecular complexity index is 997. The van der Waals surface area contributed by atoms with Crippen LogP contribution in [0.5, 0.6) is 0 Å². The molecule has 4 aromatic rings. The van der Waals surface area contributed by atoms with Crippen LogP contribution in [0.4, 0.5) is 5.82 Å². The first-order valence-electron chi connectivity index (χ1n) is 8.01. The monoisotopic (exact) mass is 331 g/mol. The van der Waals surface area contributed by atoms with E-state index in [-0.39, 0.29) is 6.61 Å². The quantitative estimate of drug-likeness (QED) is 0.588. The van der Waals surface area contributed by atoms with Crippen LogP contribution in [-0.4, -0.2) is 24.5 Å². The number of anilines is 1. The predicted octanol–water partition coefficient (Wildman–Crippen LogP) is 2.90. The first kappa shape index (κ1) is 15.3. The Hall–Kier alpha value is -3.25. The molecule has 6 nitrogen and oxygen atoms in total. The van der Waals surface area contributed by atoms with Crippen LogP contribution in [0.2, 0.25) is 0 Å². The molecule has 2 N–H and O–H groups in total. The summed E-state index contributed by atoms with van der Waals surface area (Å²) in [4.78, 5) is 13.0. The molecular formula is C19H17N5O. The van der Waals surface area contributed by atoms with Gasteiger partial charge in [-0.2, -0.15) is 0 Å². The van der Waals surface area contributed by atoms with Crippen molar-refractivity contribution >= 4 is 11.5 Å². The molecule has 3 heterocycles. The number of aliphatic hydroxyl groups excluding tert-OH is 1. The summed E-state index contributed by atoms with van der Waals surface area (Å²) in [6, 6.07) is 11.7. The van der Waals surface area contributed by atoms with E-state index in [9.17, 15) is 5.11 Å². The van der Waals surface area contributed by atoms with Crippen molar-refractivity contribution in [2.24, 2.45) is 0 Å². The van der Waals surface area contributed by atoms with Gasteiger partial charge in [-0.05, 0) is 23.3 Å². The van der Waals surface area contributed by atoms with E-state index in [1.54, 1.807) is 18.6 Å². The highest BCUT2D eigenvalue weighted by molar-refractivity contribution is 5.72. The van der Waals surface area contributed by atoms with E-state index in [2.05, 4.69) is 20.3 Å². The SMILES string of the molecule is OCc1ccccc1-c1cnc2c(NCc3ccncc3)nccn12. The van der Waals surface area contributed by atoms with Gasteiger partial charge in [-0.25, -0.2) is 9.97 Å². The molecule has 0 fully saturated rings. The van der Waals surface area contributed by atoms with Gasteiger partial charge in [-0.3, -0.25) is 9.38 Å². The van der Waals surface area contributed by atoms with Gasteiger partial charge >= 0.3 is 0 Å². The molecule has 0 unspecified atom stereocenters. The molecule has 0 bridgehead atoms. The standard InChI is InChI=1S/C19H17N5O/c25-13-15-3-1-2-4-16(15)17-12-23-19-18(21-9-10-24(17)19)22-11-14-5-7-20-8-6-14/h1-10,12,25H,11,13H2,(H,21,22). The molecule has 1 aromatic carbocycles. The molecule has 4 rings (SSSR count). The zero-order valence-corrected chi connectivity index (χ0v) is 13.5. The lowest BCUT2D eigenvalue weighted by Gasteiger charge is -2.09. The number of aromatic nitrogens is 4. The Balaban J connectivity index is 1.71. The number of fused-ring (bicyclic) bond motifs is 1. The lowest BCUT2D eigenvalue weighted by Crippen LogP contribution is -2.04. The van der Waals surface area contributed by atoms with E-state index >= 15 is 0 Å².